The Kier molecular flexibility index (Phi) is 6.13. The van der Waals surface area contributed by atoms with Crippen LogP contribution in [0.1, 0.15) is 17.9 Å². The van der Waals surface area contributed by atoms with Crippen molar-refractivity contribution in [1.29, 1.82) is 0 Å². The Morgan fingerprint density at radius 3 is 2.71 bits per heavy atom. The van der Waals surface area contributed by atoms with Gasteiger partial charge >= 0.3 is 5.97 Å². The summed E-state index contributed by atoms with van der Waals surface area (Å²) in [4.78, 5) is 29.6. The molecule has 1 saturated heterocycles. The van der Waals surface area contributed by atoms with Gasteiger partial charge in [-0.1, -0.05) is 47.5 Å². The summed E-state index contributed by atoms with van der Waals surface area (Å²) in [6.07, 6.45) is 0.476. The van der Waals surface area contributed by atoms with Gasteiger partial charge < -0.3 is 10.0 Å². The van der Waals surface area contributed by atoms with Crippen molar-refractivity contribution in [3.8, 4) is 11.3 Å². The fourth-order valence-electron chi connectivity index (χ4n) is 3.91. The molecule has 4 rings (SSSR count). The lowest BCUT2D eigenvalue weighted by atomic mass is 9.80. The summed E-state index contributed by atoms with van der Waals surface area (Å²) in [6, 6.07) is 11.6. The molecule has 10 heteroatoms. The lowest BCUT2D eigenvalue weighted by molar-refractivity contribution is -0.385. The van der Waals surface area contributed by atoms with Crippen LogP contribution in [0.2, 0.25) is 10.0 Å². The molecule has 0 amide bonds. The molecule has 0 saturated carbocycles. The number of hydrogen-bond acceptors (Lipinski definition) is 6. The van der Waals surface area contributed by atoms with E-state index in [9.17, 15) is 20.0 Å². The second-order valence-corrected chi connectivity index (χ2v) is 8.90. The molecule has 0 radical (unpaired) electrons. The predicted octanol–water partition coefficient (Wildman–Crippen LogP) is 5.72. The van der Waals surface area contributed by atoms with Crippen LogP contribution >= 0.6 is 34.5 Å². The number of aliphatic carboxylic acids is 1. The van der Waals surface area contributed by atoms with E-state index >= 15 is 0 Å². The first kappa shape index (κ1) is 21.5. The molecule has 0 bridgehead atoms. The monoisotopic (exact) mass is 477 g/mol. The van der Waals surface area contributed by atoms with Gasteiger partial charge in [0.15, 0.2) is 5.13 Å². The maximum atomic E-state index is 12.1. The number of nitro groups is 1. The van der Waals surface area contributed by atoms with Gasteiger partial charge in [-0.2, -0.15) is 0 Å². The number of carbonyl (C=O) groups is 1. The van der Waals surface area contributed by atoms with Gasteiger partial charge in [-0.25, -0.2) is 4.98 Å². The lowest BCUT2D eigenvalue weighted by Crippen LogP contribution is -2.43. The van der Waals surface area contributed by atoms with Crippen LogP contribution in [-0.4, -0.2) is 34.1 Å². The molecule has 2 unspecified atom stereocenters. The van der Waals surface area contributed by atoms with Gasteiger partial charge in [-0.05, 0) is 18.6 Å². The average Bonchev–Trinajstić information content (AvgIpc) is 3.25. The van der Waals surface area contributed by atoms with Gasteiger partial charge in [0.1, 0.15) is 0 Å². The highest BCUT2D eigenvalue weighted by molar-refractivity contribution is 7.14. The molecule has 1 N–H and O–H groups in total. The number of nitrogens with zero attached hydrogens (tertiary/aromatic N) is 3. The minimum Gasteiger partial charge on any atom is -0.481 e. The number of piperidine rings is 1. The van der Waals surface area contributed by atoms with Crippen LogP contribution < -0.4 is 4.90 Å². The van der Waals surface area contributed by atoms with Crippen molar-refractivity contribution in [1.82, 2.24) is 4.98 Å². The van der Waals surface area contributed by atoms with Gasteiger partial charge in [0.05, 0.1) is 26.6 Å². The topological polar surface area (TPSA) is 96.6 Å². The normalized spacial score (nSPS) is 18.7. The minimum atomic E-state index is -0.978. The van der Waals surface area contributed by atoms with Crippen LogP contribution in [0.3, 0.4) is 0 Å². The quantitative estimate of drug-likeness (QED) is 0.372. The highest BCUT2D eigenvalue weighted by Crippen LogP contribution is 2.40. The second kappa shape index (κ2) is 8.82. The largest absolute Gasteiger partial charge is 0.481 e. The molecule has 1 aliphatic rings. The van der Waals surface area contributed by atoms with Crippen LogP contribution in [0.4, 0.5) is 10.8 Å². The first-order valence-electron chi connectivity index (χ1n) is 9.47. The highest BCUT2D eigenvalue weighted by Gasteiger charge is 2.39. The van der Waals surface area contributed by atoms with E-state index in [2.05, 4.69) is 4.98 Å². The van der Waals surface area contributed by atoms with Crippen molar-refractivity contribution in [2.45, 2.75) is 12.3 Å². The molecule has 0 aliphatic carbocycles. The summed E-state index contributed by atoms with van der Waals surface area (Å²) >= 11 is 13.5. The third-order valence-corrected chi connectivity index (χ3v) is 7.08. The van der Waals surface area contributed by atoms with E-state index < -0.39 is 22.7 Å². The number of thiazole rings is 1. The molecule has 1 fully saturated rings. The standard InChI is InChI=1S/C21H17Cl2N3O4S/c22-16-6-5-12(9-17(16)23)18-11-31-21(24-18)25-8-7-13(15(10-25)20(27)28)14-3-1-2-4-19(14)26(29)30/h1-6,9,11,13,15H,7-8,10H2,(H,27,28). The summed E-state index contributed by atoms with van der Waals surface area (Å²) in [6.45, 7) is 0.773. The average molecular weight is 478 g/mol. The predicted molar refractivity (Wildman–Crippen MR) is 121 cm³/mol. The first-order chi connectivity index (χ1) is 14.8. The van der Waals surface area contributed by atoms with Crippen LogP contribution in [0, 0.1) is 16.0 Å². The number of rotatable bonds is 5. The number of benzene rings is 2. The maximum absolute atomic E-state index is 12.1. The van der Waals surface area contributed by atoms with Gasteiger partial charge in [-0.3, -0.25) is 14.9 Å². The summed E-state index contributed by atoms with van der Waals surface area (Å²) in [5.41, 5.74) is 1.98. The van der Waals surface area contributed by atoms with Crippen molar-refractivity contribution in [3.63, 3.8) is 0 Å². The molecule has 2 aromatic carbocycles. The van der Waals surface area contributed by atoms with Crippen molar-refractivity contribution in [3.05, 3.63) is 73.6 Å². The Hall–Kier alpha value is -2.68. The number of anilines is 1. The van der Waals surface area contributed by atoms with Crippen LogP contribution in [0.25, 0.3) is 11.3 Å². The molecule has 31 heavy (non-hydrogen) atoms. The van der Waals surface area contributed by atoms with Crippen LogP contribution in [0.5, 0.6) is 0 Å². The third-order valence-electron chi connectivity index (χ3n) is 5.44. The van der Waals surface area contributed by atoms with Crippen molar-refractivity contribution >= 4 is 51.3 Å². The second-order valence-electron chi connectivity index (χ2n) is 7.25. The molecule has 7 nitrogen and oxygen atoms in total. The number of para-hydroxylation sites is 1. The minimum absolute atomic E-state index is 0.0386. The number of halogens is 2. The Balaban J connectivity index is 1.59. The maximum Gasteiger partial charge on any atom is 0.308 e. The lowest BCUT2D eigenvalue weighted by Gasteiger charge is -2.36. The molecule has 2 atom stereocenters. The van der Waals surface area contributed by atoms with Crippen molar-refractivity contribution in [2.24, 2.45) is 5.92 Å². The number of aromatic nitrogens is 1. The van der Waals surface area contributed by atoms with Crippen LogP contribution in [0.15, 0.2) is 47.8 Å². The fraction of sp³-hybridized carbons (Fsp3) is 0.238. The molecule has 0 spiro atoms. The van der Waals surface area contributed by atoms with E-state index in [1.54, 1.807) is 30.3 Å². The Morgan fingerprint density at radius 2 is 2.00 bits per heavy atom. The van der Waals surface area contributed by atoms with E-state index in [0.717, 1.165) is 11.3 Å². The molecule has 160 valence electrons. The summed E-state index contributed by atoms with van der Waals surface area (Å²) < 4.78 is 0. The number of hydrogen-bond donors (Lipinski definition) is 1. The zero-order valence-corrected chi connectivity index (χ0v) is 18.4. The molecular formula is C21H17Cl2N3O4S. The molecule has 1 aliphatic heterocycles. The molecule has 3 aromatic rings. The third kappa shape index (κ3) is 4.37. The summed E-state index contributed by atoms with van der Waals surface area (Å²) in [5.74, 6) is -2.20. The van der Waals surface area contributed by atoms with Crippen molar-refractivity contribution < 1.29 is 14.8 Å². The van der Waals surface area contributed by atoms with Gasteiger partial charge in [0.25, 0.3) is 5.69 Å². The van der Waals surface area contributed by atoms with Gasteiger partial charge in [-0.15, -0.1) is 11.3 Å². The number of carboxylic acids is 1. The highest BCUT2D eigenvalue weighted by atomic mass is 35.5. The van der Waals surface area contributed by atoms with Gasteiger partial charge in [0.2, 0.25) is 0 Å². The van der Waals surface area contributed by atoms with Gasteiger partial charge in [0, 0.05) is 41.6 Å². The van der Waals surface area contributed by atoms with E-state index in [0.29, 0.717) is 33.7 Å². The van der Waals surface area contributed by atoms with E-state index in [4.69, 9.17) is 23.2 Å². The zero-order valence-electron chi connectivity index (χ0n) is 16.1. The SMILES string of the molecule is O=C(O)C1CN(c2nc(-c3ccc(Cl)c(Cl)c3)cs2)CCC1c1ccccc1[N+](=O)[O-]. The summed E-state index contributed by atoms with van der Waals surface area (Å²) in [7, 11) is 0. The van der Waals surface area contributed by atoms with E-state index in [-0.39, 0.29) is 12.2 Å². The van der Waals surface area contributed by atoms with E-state index in [1.165, 1.54) is 17.4 Å². The Labute approximate surface area is 192 Å². The first-order valence-corrected chi connectivity index (χ1v) is 11.1. The van der Waals surface area contributed by atoms with Crippen molar-refractivity contribution in [2.75, 3.05) is 18.0 Å². The zero-order chi connectivity index (χ0) is 22.1. The number of carboxylic acid groups (broad SMARTS) is 1. The Morgan fingerprint density at radius 1 is 1.23 bits per heavy atom. The smallest absolute Gasteiger partial charge is 0.308 e. The van der Waals surface area contributed by atoms with Crippen LogP contribution in [-0.2, 0) is 4.79 Å². The van der Waals surface area contributed by atoms with E-state index in [1.807, 2.05) is 16.3 Å². The molecule has 2 heterocycles. The summed E-state index contributed by atoms with van der Waals surface area (Å²) in [5, 5.41) is 24.8. The molecule has 1 aromatic heterocycles. The molecular weight excluding hydrogens is 461 g/mol. The fourth-order valence-corrected chi connectivity index (χ4v) is 5.08. The number of nitro benzene ring substituents is 1. The Bertz CT molecular complexity index is 1150.